The van der Waals surface area contributed by atoms with Crippen molar-refractivity contribution in [1.29, 1.82) is 0 Å². The Kier molecular flexibility index (Phi) is 7.72. The first-order valence-electron chi connectivity index (χ1n) is 9.49. The lowest BCUT2D eigenvalue weighted by molar-refractivity contribution is 0.146. The van der Waals surface area contributed by atoms with Gasteiger partial charge in [0.05, 0.1) is 24.1 Å². The summed E-state index contributed by atoms with van der Waals surface area (Å²) in [6, 6.07) is 3.63. The summed E-state index contributed by atoms with van der Waals surface area (Å²) in [5.41, 5.74) is 7.71. The molecule has 150 valence electrons. The second-order valence-electron chi connectivity index (χ2n) is 6.79. The van der Waals surface area contributed by atoms with E-state index in [0.29, 0.717) is 12.3 Å². The van der Waals surface area contributed by atoms with Crippen LogP contribution in [0.5, 0.6) is 5.75 Å². The van der Waals surface area contributed by atoms with E-state index in [4.69, 9.17) is 21.1 Å². The number of aryl methyl sites for hydroxylation is 1. The van der Waals surface area contributed by atoms with Gasteiger partial charge in [0.2, 0.25) is 0 Å². The van der Waals surface area contributed by atoms with E-state index in [1.807, 2.05) is 19.9 Å². The van der Waals surface area contributed by atoms with Gasteiger partial charge in [0.1, 0.15) is 11.4 Å². The molecule has 0 atom stereocenters. The van der Waals surface area contributed by atoms with Crippen LogP contribution in [0.3, 0.4) is 0 Å². The van der Waals surface area contributed by atoms with Crippen molar-refractivity contribution in [2.45, 2.75) is 58.5 Å². The Morgan fingerprint density at radius 3 is 2.63 bits per heavy atom. The Morgan fingerprint density at radius 2 is 2.04 bits per heavy atom. The van der Waals surface area contributed by atoms with Crippen molar-refractivity contribution in [2.24, 2.45) is 11.6 Å². The second-order valence-corrected chi connectivity index (χ2v) is 6.79. The first-order chi connectivity index (χ1) is 12.9. The summed E-state index contributed by atoms with van der Waals surface area (Å²) in [4.78, 5) is 16.4. The number of hydrogen-bond donors (Lipinski definition) is 3. The predicted octanol–water partition coefficient (Wildman–Crippen LogP) is 2.63. The van der Waals surface area contributed by atoms with Crippen LogP contribution in [0, 0.1) is 6.92 Å². The first kappa shape index (κ1) is 20.8. The number of carbonyl (C=O) groups is 1. The molecule has 0 spiro atoms. The summed E-state index contributed by atoms with van der Waals surface area (Å²) in [5, 5.41) is 3.80. The van der Waals surface area contributed by atoms with Crippen molar-refractivity contribution in [3.63, 3.8) is 0 Å². The van der Waals surface area contributed by atoms with Crippen molar-refractivity contribution >= 4 is 11.8 Å². The molecular weight excluding hydrogens is 346 g/mol. The molecule has 1 aromatic rings. The largest absolute Gasteiger partial charge is 0.489 e. The summed E-state index contributed by atoms with van der Waals surface area (Å²) < 4.78 is 11.1. The van der Waals surface area contributed by atoms with Gasteiger partial charge in [0.25, 0.3) is 0 Å². The van der Waals surface area contributed by atoms with Gasteiger partial charge in [0, 0.05) is 7.05 Å². The van der Waals surface area contributed by atoms with Crippen molar-refractivity contribution in [1.82, 2.24) is 15.3 Å². The second kappa shape index (κ2) is 10.0. The molecule has 2 rings (SSSR count). The third-order valence-electron chi connectivity index (χ3n) is 4.42. The van der Waals surface area contributed by atoms with E-state index in [0.717, 1.165) is 30.7 Å². The predicted molar refractivity (Wildman–Crippen MR) is 104 cm³/mol. The molecule has 1 saturated carbocycles. The number of amides is 1. The molecule has 1 aromatic heterocycles. The summed E-state index contributed by atoms with van der Waals surface area (Å²) in [6.45, 7) is 4.11. The maximum Gasteiger partial charge on any atom is 0.412 e. The molecular formula is C19H31N5O3. The lowest BCUT2D eigenvalue weighted by Gasteiger charge is -2.24. The molecule has 0 unspecified atom stereocenters. The van der Waals surface area contributed by atoms with Crippen molar-refractivity contribution < 1.29 is 14.3 Å². The normalized spacial score (nSPS) is 15.7. The fourth-order valence-corrected chi connectivity index (χ4v) is 2.98. The lowest BCUT2D eigenvalue weighted by atomic mass is 9.98. The average molecular weight is 377 g/mol. The Bertz CT molecular complexity index is 669. The van der Waals surface area contributed by atoms with Crippen molar-refractivity contribution in [2.75, 3.05) is 13.7 Å². The molecule has 0 aromatic carbocycles. The van der Waals surface area contributed by atoms with Gasteiger partial charge < -0.3 is 15.2 Å². The molecule has 0 bridgehead atoms. The maximum atomic E-state index is 11.8. The van der Waals surface area contributed by atoms with Crippen LogP contribution in [0.25, 0.3) is 5.70 Å². The molecule has 1 fully saturated rings. The molecule has 8 heteroatoms. The average Bonchev–Trinajstić information content (AvgIpc) is 2.66. The lowest BCUT2D eigenvalue weighted by Crippen LogP contribution is -2.39. The van der Waals surface area contributed by atoms with Gasteiger partial charge in [-0.2, -0.15) is 0 Å². The Morgan fingerprint density at radius 1 is 1.33 bits per heavy atom. The van der Waals surface area contributed by atoms with Gasteiger partial charge in [-0.3, -0.25) is 10.3 Å². The summed E-state index contributed by atoms with van der Waals surface area (Å²) in [6.07, 6.45) is 6.21. The Balaban J connectivity index is 2.16. The van der Waals surface area contributed by atoms with Crippen LogP contribution in [0.2, 0.25) is 0 Å². The minimum atomic E-state index is -0.610. The maximum absolute atomic E-state index is 11.8. The summed E-state index contributed by atoms with van der Waals surface area (Å²) in [5.74, 6) is 6.80. The van der Waals surface area contributed by atoms with Crippen molar-refractivity contribution in [3.8, 4) is 5.75 Å². The zero-order valence-electron chi connectivity index (χ0n) is 16.5. The van der Waals surface area contributed by atoms with Gasteiger partial charge in [0.15, 0.2) is 5.82 Å². The number of aromatic nitrogens is 1. The highest BCUT2D eigenvalue weighted by molar-refractivity contribution is 5.74. The highest BCUT2D eigenvalue weighted by Gasteiger charge is 2.18. The third kappa shape index (κ3) is 6.02. The Hall–Kier alpha value is -2.48. The number of rotatable bonds is 7. The van der Waals surface area contributed by atoms with Gasteiger partial charge in [-0.05, 0) is 51.2 Å². The molecule has 0 aliphatic heterocycles. The smallest absolute Gasteiger partial charge is 0.412 e. The molecule has 8 nitrogen and oxygen atoms in total. The van der Waals surface area contributed by atoms with Crippen LogP contribution in [0.1, 0.15) is 56.8 Å². The number of nitrogens with one attached hydrogen (secondary N) is 1. The zero-order chi connectivity index (χ0) is 19.8. The van der Waals surface area contributed by atoms with E-state index < -0.39 is 6.09 Å². The number of pyridine rings is 1. The van der Waals surface area contributed by atoms with Crippen LogP contribution in [-0.2, 0) is 4.74 Å². The van der Waals surface area contributed by atoms with Crippen LogP contribution in [-0.4, -0.2) is 35.8 Å². The Labute approximate surface area is 160 Å². The van der Waals surface area contributed by atoms with Crippen LogP contribution >= 0.6 is 0 Å². The number of carbonyl (C=O) groups excluding carboxylic acids is 1. The van der Waals surface area contributed by atoms with E-state index in [1.165, 1.54) is 24.3 Å². The molecule has 1 heterocycles. The van der Waals surface area contributed by atoms with E-state index in [1.54, 1.807) is 13.1 Å². The van der Waals surface area contributed by atoms with Gasteiger partial charge in [-0.15, -0.1) is 0 Å². The quantitative estimate of drug-likeness (QED) is 0.494. The van der Waals surface area contributed by atoms with E-state index in [-0.39, 0.29) is 17.6 Å². The standard InChI is InChI=1S/C19H31N5O3/c1-4-12-26-19(25)23-18(24(3)21)17(20)15-10-11-16(13(2)22-15)27-14-8-6-5-7-9-14/h10-11,14H,4-9,12,20-21H2,1-3H3,(H,23,25)/b18-17-. The highest BCUT2D eigenvalue weighted by Crippen LogP contribution is 2.26. The number of ether oxygens (including phenoxy) is 2. The van der Waals surface area contributed by atoms with Crippen LogP contribution in [0.4, 0.5) is 4.79 Å². The van der Waals surface area contributed by atoms with Crippen LogP contribution in [0.15, 0.2) is 18.0 Å². The molecule has 1 aliphatic rings. The van der Waals surface area contributed by atoms with E-state index in [9.17, 15) is 4.79 Å². The SMILES string of the molecule is CCCOC(=O)N/C(=C(/N)c1ccc(OC2CCCCC2)c(C)n1)N(C)N. The molecule has 1 amide bonds. The number of nitrogens with zero attached hydrogens (tertiary/aromatic N) is 2. The molecule has 5 N–H and O–H groups in total. The highest BCUT2D eigenvalue weighted by atomic mass is 16.5. The van der Waals surface area contributed by atoms with Crippen molar-refractivity contribution in [3.05, 3.63) is 29.3 Å². The molecule has 1 aliphatic carbocycles. The van der Waals surface area contributed by atoms with E-state index >= 15 is 0 Å². The summed E-state index contributed by atoms with van der Waals surface area (Å²) in [7, 11) is 1.58. The summed E-state index contributed by atoms with van der Waals surface area (Å²) >= 11 is 0. The molecule has 27 heavy (non-hydrogen) atoms. The third-order valence-corrected chi connectivity index (χ3v) is 4.42. The van der Waals surface area contributed by atoms with Gasteiger partial charge >= 0.3 is 6.09 Å². The fourth-order valence-electron chi connectivity index (χ4n) is 2.98. The van der Waals surface area contributed by atoms with Crippen LogP contribution < -0.4 is 21.6 Å². The van der Waals surface area contributed by atoms with E-state index in [2.05, 4.69) is 10.3 Å². The topological polar surface area (TPSA) is 116 Å². The number of hydrogen-bond acceptors (Lipinski definition) is 7. The minimum Gasteiger partial charge on any atom is -0.489 e. The molecule has 0 radical (unpaired) electrons. The minimum absolute atomic E-state index is 0.226. The van der Waals surface area contributed by atoms with Gasteiger partial charge in [-0.1, -0.05) is 13.3 Å². The zero-order valence-corrected chi connectivity index (χ0v) is 16.5. The fraction of sp³-hybridized carbons (Fsp3) is 0.579. The number of alkyl carbamates (subject to hydrolysis) is 1. The van der Waals surface area contributed by atoms with Gasteiger partial charge in [-0.25, -0.2) is 15.6 Å². The number of nitrogens with two attached hydrogens (primary N) is 2. The monoisotopic (exact) mass is 377 g/mol. The number of hydrazine groups is 1. The molecule has 0 saturated heterocycles. The first-order valence-corrected chi connectivity index (χ1v) is 9.49.